The van der Waals surface area contributed by atoms with Gasteiger partial charge in [-0.25, -0.2) is 9.78 Å². The number of thioether (sulfide) groups is 1. The highest BCUT2D eigenvalue weighted by molar-refractivity contribution is 8.00. The number of carboxylic acids is 2. The molecule has 0 spiro atoms. The molecule has 4 aliphatic rings. The Balaban J connectivity index is 1.35. The summed E-state index contributed by atoms with van der Waals surface area (Å²) in [6.07, 6.45) is 1.90. The zero-order valence-electron chi connectivity index (χ0n) is 22.3. The van der Waals surface area contributed by atoms with E-state index in [1.54, 1.807) is 0 Å². The van der Waals surface area contributed by atoms with E-state index < -0.39 is 40.5 Å². The van der Waals surface area contributed by atoms with Gasteiger partial charge in [0.1, 0.15) is 18.3 Å². The van der Waals surface area contributed by atoms with Crippen molar-refractivity contribution in [1.29, 1.82) is 0 Å². The van der Waals surface area contributed by atoms with E-state index in [0.29, 0.717) is 23.9 Å². The minimum Gasteiger partial charge on any atom is -0.543 e. The topological polar surface area (TPSA) is 187 Å². The molecule has 0 aromatic carbocycles. The maximum atomic E-state index is 13.4. The number of rotatable bonds is 10. The standard InChI is InChI=1S/C25H32N6O7S2/c1-25(2,23(36)37)38-29-18(16-12-40-24(26)28-16)17(32)8-15-20(33)30-19(22(34)35)13(11-39-21(15)30)10-31-6-3-4-14(31)9-27-5-7-31/h12,14-15,21,27H,3-11H2,1-2H3,(H3-,26,28,34,35,36,37)/b29-18-/t14-,15+,21+,31?/m0/s1. The predicted octanol–water partition coefficient (Wildman–Crippen LogP) is -0.614. The SMILES string of the molecule is CC(C)(O/N=C(\C(=O)C[C@@H]1C(=O)N2C(C(=O)[O-])=C(C[N+]34CCC[C@H]3CNCC4)CS[C@H]12)c1csc(N)n1)C(=O)O. The maximum absolute atomic E-state index is 13.4. The van der Waals surface area contributed by atoms with E-state index in [4.69, 9.17) is 10.6 Å². The Bertz CT molecular complexity index is 1310. The number of carbonyl (C=O) groups excluding carboxylic acids is 3. The van der Waals surface area contributed by atoms with Crippen LogP contribution in [0.5, 0.6) is 0 Å². The Kier molecular flexibility index (Phi) is 7.67. The van der Waals surface area contributed by atoms with Crippen LogP contribution in [0.2, 0.25) is 0 Å². The quantitative estimate of drug-likeness (QED) is 0.136. The van der Waals surface area contributed by atoms with Gasteiger partial charge < -0.3 is 35.4 Å². The molecule has 1 aromatic rings. The number of nitrogens with two attached hydrogens (primary N) is 1. The number of nitrogens with zero attached hydrogens (tertiary/aromatic N) is 4. The Labute approximate surface area is 239 Å². The molecule has 4 atom stereocenters. The van der Waals surface area contributed by atoms with Gasteiger partial charge in [0, 0.05) is 49.1 Å². The number of carbonyl (C=O) groups is 4. The van der Waals surface area contributed by atoms with Gasteiger partial charge in [-0.05, 0) is 13.8 Å². The monoisotopic (exact) mass is 592 g/mol. The minimum atomic E-state index is -1.72. The smallest absolute Gasteiger partial charge is 0.350 e. The fourth-order valence-electron chi connectivity index (χ4n) is 5.99. The molecule has 0 saturated carbocycles. The molecule has 0 bridgehead atoms. The summed E-state index contributed by atoms with van der Waals surface area (Å²) >= 11 is 2.51. The molecule has 1 amide bonds. The van der Waals surface area contributed by atoms with Crippen LogP contribution in [-0.4, -0.2) is 104 Å². The zero-order chi connectivity index (χ0) is 28.8. The van der Waals surface area contributed by atoms with E-state index in [1.165, 1.54) is 35.9 Å². The number of β-lactam (4-membered cyclic amide) rings is 1. The van der Waals surface area contributed by atoms with Crippen molar-refractivity contribution in [3.8, 4) is 0 Å². The van der Waals surface area contributed by atoms with Crippen LogP contribution in [0, 0.1) is 5.92 Å². The van der Waals surface area contributed by atoms with Crippen molar-refractivity contribution in [1.82, 2.24) is 15.2 Å². The molecule has 4 aliphatic heterocycles. The lowest BCUT2D eigenvalue weighted by Crippen LogP contribution is -2.65. The van der Waals surface area contributed by atoms with Gasteiger partial charge in [0.05, 0.1) is 36.0 Å². The van der Waals surface area contributed by atoms with Gasteiger partial charge in [-0.15, -0.1) is 23.1 Å². The Morgan fingerprint density at radius 3 is 2.83 bits per heavy atom. The Morgan fingerprint density at radius 2 is 2.15 bits per heavy atom. The summed E-state index contributed by atoms with van der Waals surface area (Å²) in [5.41, 5.74) is 4.50. The molecule has 13 nitrogen and oxygen atoms in total. The number of nitrogens with one attached hydrogen (secondary N) is 1. The molecular formula is C25H32N6O7S2. The normalized spacial score (nSPS) is 28.6. The lowest BCUT2D eigenvalue weighted by Gasteiger charge is -2.52. The van der Waals surface area contributed by atoms with E-state index in [0.717, 1.165) is 54.8 Å². The lowest BCUT2D eigenvalue weighted by molar-refractivity contribution is -0.936. The number of fused-ring (bicyclic) bond motifs is 2. The van der Waals surface area contributed by atoms with Crippen LogP contribution < -0.4 is 16.2 Å². The number of amides is 1. The molecule has 3 fully saturated rings. The molecule has 3 saturated heterocycles. The molecule has 4 N–H and O–H groups in total. The molecule has 1 aromatic heterocycles. The van der Waals surface area contributed by atoms with Crippen molar-refractivity contribution in [2.45, 2.75) is 50.1 Å². The Hall–Kier alpha value is -3.01. The molecule has 15 heteroatoms. The third-order valence-corrected chi connectivity index (χ3v) is 10.3. The van der Waals surface area contributed by atoms with E-state index in [2.05, 4.69) is 15.5 Å². The zero-order valence-corrected chi connectivity index (χ0v) is 23.9. The van der Waals surface area contributed by atoms with Crippen LogP contribution in [0.3, 0.4) is 0 Å². The third kappa shape index (κ3) is 5.10. The Morgan fingerprint density at radius 1 is 1.38 bits per heavy atom. The summed E-state index contributed by atoms with van der Waals surface area (Å²) in [5, 5.41) is 30.0. The van der Waals surface area contributed by atoms with Crippen LogP contribution in [0.4, 0.5) is 5.13 Å². The predicted molar refractivity (Wildman–Crippen MR) is 145 cm³/mol. The highest BCUT2D eigenvalue weighted by Crippen LogP contribution is 2.46. The fraction of sp³-hybridized carbons (Fsp3) is 0.600. The highest BCUT2D eigenvalue weighted by atomic mass is 32.2. The van der Waals surface area contributed by atoms with Crippen LogP contribution in [0.1, 0.15) is 38.8 Å². The van der Waals surface area contributed by atoms with Crippen molar-refractivity contribution in [2.24, 2.45) is 11.1 Å². The second kappa shape index (κ2) is 10.8. The van der Waals surface area contributed by atoms with Crippen molar-refractivity contribution >= 4 is 57.6 Å². The number of aliphatic carboxylic acids is 2. The second-order valence-corrected chi connectivity index (χ2v) is 13.1. The number of carboxylic acid groups (broad SMARTS) is 2. The van der Waals surface area contributed by atoms with Gasteiger partial charge >= 0.3 is 5.97 Å². The summed E-state index contributed by atoms with van der Waals surface area (Å²) < 4.78 is 0.831. The summed E-state index contributed by atoms with van der Waals surface area (Å²) in [7, 11) is 0. The number of piperazine rings is 1. The number of hydrogen-bond acceptors (Lipinski definition) is 12. The maximum Gasteiger partial charge on any atom is 0.350 e. The van der Waals surface area contributed by atoms with Gasteiger partial charge in [0.25, 0.3) is 0 Å². The molecule has 0 aliphatic carbocycles. The molecule has 5 rings (SSSR count). The van der Waals surface area contributed by atoms with E-state index in [-0.39, 0.29) is 28.7 Å². The van der Waals surface area contributed by atoms with Gasteiger partial charge in [0.15, 0.2) is 16.6 Å². The van der Waals surface area contributed by atoms with Crippen molar-refractivity contribution in [3.05, 3.63) is 22.3 Å². The number of anilines is 1. The van der Waals surface area contributed by atoms with Crippen molar-refractivity contribution in [3.63, 3.8) is 0 Å². The van der Waals surface area contributed by atoms with E-state index in [1.807, 2.05) is 0 Å². The average Bonchev–Trinajstić information content (AvgIpc) is 3.52. The number of hydrogen-bond donors (Lipinski definition) is 3. The second-order valence-electron chi connectivity index (χ2n) is 11.1. The summed E-state index contributed by atoms with van der Waals surface area (Å²) in [6, 6.07) is 0.426. The lowest BCUT2D eigenvalue weighted by atomic mass is 9.89. The summed E-state index contributed by atoms with van der Waals surface area (Å²) in [4.78, 5) is 61.0. The number of oxime groups is 1. The third-order valence-electron chi connectivity index (χ3n) is 8.20. The number of Topliss-reactive ketones (excluding diaryl/α,β-unsaturated/α-hetero) is 1. The van der Waals surface area contributed by atoms with Crippen LogP contribution in [0.15, 0.2) is 21.8 Å². The molecular weight excluding hydrogens is 560 g/mol. The number of aromatic nitrogens is 1. The van der Waals surface area contributed by atoms with Crippen LogP contribution >= 0.6 is 23.1 Å². The van der Waals surface area contributed by atoms with Gasteiger partial charge in [0.2, 0.25) is 11.5 Å². The number of thiazole rings is 1. The molecule has 5 heterocycles. The summed E-state index contributed by atoms with van der Waals surface area (Å²) in [5.74, 6) is -4.08. The molecule has 40 heavy (non-hydrogen) atoms. The molecule has 216 valence electrons. The first-order chi connectivity index (χ1) is 18.9. The average molecular weight is 593 g/mol. The van der Waals surface area contributed by atoms with E-state index >= 15 is 0 Å². The van der Waals surface area contributed by atoms with Crippen LogP contribution in [-0.2, 0) is 24.0 Å². The van der Waals surface area contributed by atoms with Gasteiger partial charge in [-0.2, -0.15) is 0 Å². The first-order valence-corrected chi connectivity index (χ1v) is 15.0. The number of ketones is 1. The molecule has 1 unspecified atom stereocenters. The largest absolute Gasteiger partial charge is 0.543 e. The van der Waals surface area contributed by atoms with Crippen molar-refractivity contribution in [2.75, 3.05) is 44.2 Å². The number of quaternary nitrogens is 1. The number of nitrogen functional groups attached to an aromatic ring is 1. The fourth-order valence-corrected chi connectivity index (χ4v) is 7.94. The van der Waals surface area contributed by atoms with E-state index in [9.17, 15) is 29.4 Å². The first-order valence-electron chi connectivity index (χ1n) is 13.1. The van der Waals surface area contributed by atoms with Gasteiger partial charge in [-0.3, -0.25) is 14.5 Å². The molecule has 0 radical (unpaired) electrons. The summed E-state index contributed by atoms with van der Waals surface area (Å²) in [6.45, 7) is 6.80. The van der Waals surface area contributed by atoms with Gasteiger partial charge in [-0.1, -0.05) is 5.16 Å². The first kappa shape index (κ1) is 28.5. The minimum absolute atomic E-state index is 0.0677. The highest BCUT2D eigenvalue weighted by Gasteiger charge is 2.54. The van der Waals surface area contributed by atoms with Crippen molar-refractivity contribution < 1.29 is 38.7 Å². The van der Waals surface area contributed by atoms with Crippen LogP contribution in [0.25, 0.3) is 0 Å².